The minimum absolute atomic E-state index is 1.20. The molecule has 4 fully saturated rings. The second-order valence-corrected chi connectivity index (χ2v) is 5.82. The van der Waals surface area contributed by atoms with Crippen LogP contribution in [0.5, 0.6) is 0 Å². The normalized spacial score (nSPS) is 66.0. The van der Waals surface area contributed by atoms with E-state index >= 15 is 0 Å². The summed E-state index contributed by atoms with van der Waals surface area (Å²) in [5.41, 5.74) is 0. The fourth-order valence-corrected chi connectivity index (χ4v) is 5.53. The van der Waals surface area contributed by atoms with Crippen molar-refractivity contribution < 1.29 is 0 Å². The molecule has 0 aromatic heterocycles. The van der Waals surface area contributed by atoms with Crippen molar-refractivity contribution in [2.75, 3.05) is 0 Å². The lowest BCUT2D eigenvalue weighted by atomic mass is 9.71. The maximum absolute atomic E-state index is 1.64. The Labute approximate surface area is 74.7 Å². The molecule has 0 amide bonds. The third-order valence-corrected chi connectivity index (χ3v) is 5.65. The molecular formula is C12H18. The zero-order valence-electron chi connectivity index (χ0n) is 7.71. The first kappa shape index (κ1) is 6.45. The van der Waals surface area contributed by atoms with Gasteiger partial charge < -0.3 is 0 Å². The molecule has 4 saturated carbocycles. The summed E-state index contributed by atoms with van der Waals surface area (Å²) >= 11 is 0. The summed E-state index contributed by atoms with van der Waals surface area (Å²) < 4.78 is 0. The zero-order chi connectivity index (χ0) is 7.71. The molecule has 0 N–H and O–H groups in total. The van der Waals surface area contributed by atoms with Gasteiger partial charge in [-0.05, 0) is 74.0 Å². The zero-order valence-corrected chi connectivity index (χ0v) is 7.71. The molecule has 66 valence electrons. The molecule has 4 bridgehead atoms. The molecule has 4 aliphatic rings. The van der Waals surface area contributed by atoms with Crippen LogP contribution in [0.2, 0.25) is 0 Å². The van der Waals surface area contributed by atoms with Crippen molar-refractivity contribution in [2.24, 2.45) is 35.5 Å². The van der Waals surface area contributed by atoms with Crippen LogP contribution in [0.15, 0.2) is 0 Å². The van der Waals surface area contributed by atoms with Crippen LogP contribution >= 0.6 is 0 Å². The molecule has 0 radical (unpaired) electrons. The number of hydrogen-bond acceptors (Lipinski definition) is 0. The summed E-state index contributed by atoms with van der Waals surface area (Å²) in [5.74, 6) is 7.29. The highest BCUT2D eigenvalue weighted by Crippen LogP contribution is 2.67. The van der Waals surface area contributed by atoms with Gasteiger partial charge in [-0.15, -0.1) is 0 Å². The molecular weight excluding hydrogens is 144 g/mol. The van der Waals surface area contributed by atoms with Crippen molar-refractivity contribution in [3.05, 3.63) is 0 Å². The Morgan fingerprint density at radius 1 is 0.500 bits per heavy atom. The van der Waals surface area contributed by atoms with E-state index in [1.54, 1.807) is 38.5 Å². The molecule has 0 nitrogen and oxygen atoms in total. The van der Waals surface area contributed by atoms with Gasteiger partial charge in [-0.3, -0.25) is 0 Å². The molecule has 0 aromatic rings. The van der Waals surface area contributed by atoms with Crippen LogP contribution in [0.1, 0.15) is 38.5 Å². The Kier molecular flexibility index (Phi) is 1.03. The SMILES string of the molecule is C1CC2CC1C1C3CCC(C3)C21. The summed E-state index contributed by atoms with van der Waals surface area (Å²) in [4.78, 5) is 0. The molecule has 4 aliphatic carbocycles. The molecule has 12 heavy (non-hydrogen) atoms. The highest BCUT2D eigenvalue weighted by Gasteiger charge is 2.59. The topological polar surface area (TPSA) is 0 Å². The quantitative estimate of drug-likeness (QED) is 0.480. The molecule has 4 unspecified atom stereocenters. The standard InChI is InChI=1S/C12H18/c1-2-8-5-7(1)11-9-3-4-10(6-9)12(8)11/h7-12H,1-6H2. The highest BCUT2D eigenvalue weighted by molar-refractivity contribution is 5.08. The van der Waals surface area contributed by atoms with Crippen LogP contribution in [0, 0.1) is 35.5 Å². The largest absolute Gasteiger partial charge is 0.0499 e. The van der Waals surface area contributed by atoms with Gasteiger partial charge in [0.15, 0.2) is 0 Å². The van der Waals surface area contributed by atoms with Crippen molar-refractivity contribution in [2.45, 2.75) is 38.5 Å². The van der Waals surface area contributed by atoms with E-state index in [2.05, 4.69) is 0 Å². The van der Waals surface area contributed by atoms with Crippen LogP contribution in [-0.4, -0.2) is 0 Å². The minimum atomic E-state index is 1.20. The molecule has 4 atom stereocenters. The average Bonchev–Trinajstić information content (AvgIpc) is 2.83. The lowest BCUT2D eigenvalue weighted by molar-refractivity contribution is 0.146. The van der Waals surface area contributed by atoms with Gasteiger partial charge in [-0.25, -0.2) is 0 Å². The van der Waals surface area contributed by atoms with Gasteiger partial charge in [-0.1, -0.05) is 0 Å². The van der Waals surface area contributed by atoms with Gasteiger partial charge in [0.25, 0.3) is 0 Å². The summed E-state index contributed by atoms with van der Waals surface area (Å²) in [6, 6.07) is 0. The molecule has 0 aliphatic heterocycles. The third-order valence-electron chi connectivity index (χ3n) is 5.65. The predicted octanol–water partition coefficient (Wildman–Crippen LogP) is 3.08. The molecule has 0 saturated heterocycles. The Hall–Kier alpha value is 0. The van der Waals surface area contributed by atoms with E-state index in [4.69, 9.17) is 0 Å². The Balaban J connectivity index is 1.77. The lowest BCUT2D eigenvalue weighted by Gasteiger charge is -2.34. The lowest BCUT2D eigenvalue weighted by Crippen LogP contribution is -2.27. The summed E-state index contributed by atoms with van der Waals surface area (Å²) in [6.07, 6.45) is 9.71. The van der Waals surface area contributed by atoms with Crippen LogP contribution in [0.25, 0.3) is 0 Å². The van der Waals surface area contributed by atoms with Crippen molar-refractivity contribution in [3.63, 3.8) is 0 Å². The smallest absolute Gasteiger partial charge is 0.0323 e. The Morgan fingerprint density at radius 3 is 1.17 bits per heavy atom. The van der Waals surface area contributed by atoms with Gasteiger partial charge in [0.2, 0.25) is 0 Å². The molecule has 0 aromatic carbocycles. The summed E-state index contributed by atoms with van der Waals surface area (Å²) in [5, 5.41) is 0. The van der Waals surface area contributed by atoms with Gasteiger partial charge in [0.1, 0.15) is 0 Å². The number of hydrogen-bond donors (Lipinski definition) is 0. The molecule has 4 rings (SSSR count). The fourth-order valence-electron chi connectivity index (χ4n) is 5.53. The molecule has 0 spiro atoms. The van der Waals surface area contributed by atoms with Gasteiger partial charge in [0, 0.05) is 0 Å². The Morgan fingerprint density at radius 2 is 0.833 bits per heavy atom. The molecule has 0 heteroatoms. The van der Waals surface area contributed by atoms with Crippen LogP contribution < -0.4 is 0 Å². The first-order chi connectivity index (χ1) is 5.93. The van der Waals surface area contributed by atoms with Gasteiger partial charge in [-0.2, -0.15) is 0 Å². The molecule has 0 heterocycles. The van der Waals surface area contributed by atoms with Crippen LogP contribution in [-0.2, 0) is 0 Å². The van der Waals surface area contributed by atoms with Crippen molar-refractivity contribution in [3.8, 4) is 0 Å². The highest BCUT2D eigenvalue weighted by atomic mass is 14.6. The number of fused-ring (bicyclic) bond motifs is 9. The van der Waals surface area contributed by atoms with Crippen molar-refractivity contribution >= 4 is 0 Å². The van der Waals surface area contributed by atoms with E-state index in [1.165, 1.54) is 35.5 Å². The van der Waals surface area contributed by atoms with Crippen LogP contribution in [0.3, 0.4) is 0 Å². The first-order valence-corrected chi connectivity index (χ1v) is 5.93. The predicted molar refractivity (Wildman–Crippen MR) is 48.6 cm³/mol. The van der Waals surface area contributed by atoms with Gasteiger partial charge >= 0.3 is 0 Å². The monoisotopic (exact) mass is 162 g/mol. The average molecular weight is 162 g/mol. The number of rotatable bonds is 0. The van der Waals surface area contributed by atoms with E-state index in [9.17, 15) is 0 Å². The third kappa shape index (κ3) is 0.561. The Bertz CT molecular complexity index is 176. The van der Waals surface area contributed by atoms with Crippen molar-refractivity contribution in [1.82, 2.24) is 0 Å². The second kappa shape index (κ2) is 1.91. The van der Waals surface area contributed by atoms with Crippen LogP contribution in [0.4, 0.5) is 0 Å². The van der Waals surface area contributed by atoms with E-state index < -0.39 is 0 Å². The van der Waals surface area contributed by atoms with E-state index in [1.807, 2.05) is 0 Å². The van der Waals surface area contributed by atoms with E-state index in [0.717, 1.165) is 0 Å². The first-order valence-electron chi connectivity index (χ1n) is 5.93. The van der Waals surface area contributed by atoms with Gasteiger partial charge in [0.05, 0.1) is 0 Å². The van der Waals surface area contributed by atoms with Crippen molar-refractivity contribution in [1.29, 1.82) is 0 Å². The maximum atomic E-state index is 1.64. The maximum Gasteiger partial charge on any atom is -0.0323 e. The summed E-state index contributed by atoms with van der Waals surface area (Å²) in [6.45, 7) is 0. The second-order valence-electron chi connectivity index (χ2n) is 5.82. The van der Waals surface area contributed by atoms with E-state index in [-0.39, 0.29) is 0 Å². The minimum Gasteiger partial charge on any atom is -0.0499 e. The fraction of sp³-hybridized carbons (Fsp3) is 1.00. The van der Waals surface area contributed by atoms with E-state index in [0.29, 0.717) is 0 Å². The summed E-state index contributed by atoms with van der Waals surface area (Å²) in [7, 11) is 0.